The second-order valence-electron chi connectivity index (χ2n) is 4.96. The first-order valence-electron chi connectivity index (χ1n) is 6.77. The summed E-state index contributed by atoms with van der Waals surface area (Å²) >= 11 is 0. The van der Waals surface area contributed by atoms with Gasteiger partial charge >= 0.3 is 0 Å². The first-order valence-corrected chi connectivity index (χ1v) is 8.21. The molecular weight excluding hydrogens is 290 g/mol. The zero-order chi connectivity index (χ0) is 14.9. The molecule has 2 heterocycles. The Bertz CT molecular complexity index is 757. The molecule has 6 heteroatoms. The van der Waals surface area contributed by atoms with Gasteiger partial charge in [-0.2, -0.15) is 4.31 Å². The lowest BCUT2D eigenvalue weighted by Crippen LogP contribution is -2.27. The lowest BCUT2D eigenvalue weighted by molar-refractivity contribution is 0.110. The predicted octanol–water partition coefficient (Wildman–Crippen LogP) is 2.54. The molecule has 0 saturated carbocycles. The van der Waals surface area contributed by atoms with Gasteiger partial charge in [-0.15, -0.1) is 0 Å². The Kier molecular flexibility index (Phi) is 3.65. The zero-order valence-electron chi connectivity index (χ0n) is 11.4. The predicted molar refractivity (Wildman–Crippen MR) is 77.5 cm³/mol. The van der Waals surface area contributed by atoms with E-state index in [1.54, 1.807) is 36.4 Å². The number of furan rings is 1. The van der Waals surface area contributed by atoms with Gasteiger partial charge in [0.2, 0.25) is 10.0 Å². The maximum absolute atomic E-state index is 12.5. The van der Waals surface area contributed by atoms with Crippen LogP contribution < -0.4 is 0 Å². The summed E-state index contributed by atoms with van der Waals surface area (Å²) < 4.78 is 31.9. The molecule has 3 rings (SSSR count). The van der Waals surface area contributed by atoms with Crippen LogP contribution in [0.4, 0.5) is 0 Å². The topological polar surface area (TPSA) is 67.6 Å². The second kappa shape index (κ2) is 5.46. The lowest BCUT2D eigenvalue weighted by atomic mass is 10.2. The molecule has 1 aliphatic rings. The van der Waals surface area contributed by atoms with Gasteiger partial charge in [0.25, 0.3) is 0 Å². The van der Waals surface area contributed by atoms with Crippen LogP contribution in [0.25, 0.3) is 11.3 Å². The molecule has 1 aliphatic heterocycles. The van der Waals surface area contributed by atoms with E-state index in [0.717, 1.165) is 12.8 Å². The fourth-order valence-corrected chi connectivity index (χ4v) is 4.02. The zero-order valence-corrected chi connectivity index (χ0v) is 12.2. The quantitative estimate of drug-likeness (QED) is 0.814. The molecule has 1 aromatic carbocycles. The van der Waals surface area contributed by atoms with Crippen molar-refractivity contribution < 1.29 is 17.6 Å². The Hall–Kier alpha value is -1.92. The van der Waals surface area contributed by atoms with E-state index >= 15 is 0 Å². The van der Waals surface area contributed by atoms with Gasteiger partial charge in [0, 0.05) is 18.7 Å². The highest BCUT2D eigenvalue weighted by Crippen LogP contribution is 2.27. The Balaban J connectivity index is 1.98. The van der Waals surface area contributed by atoms with Gasteiger partial charge in [0.05, 0.1) is 4.90 Å². The first-order chi connectivity index (χ1) is 10.1. The highest BCUT2D eigenvalue weighted by molar-refractivity contribution is 7.89. The Labute approximate surface area is 123 Å². The summed E-state index contributed by atoms with van der Waals surface area (Å²) in [4.78, 5) is 10.9. The highest BCUT2D eigenvalue weighted by Gasteiger charge is 2.27. The van der Waals surface area contributed by atoms with E-state index in [4.69, 9.17) is 4.42 Å². The number of carbonyl (C=O) groups excluding carboxylic acids is 1. The van der Waals surface area contributed by atoms with Gasteiger partial charge in [-0.3, -0.25) is 4.79 Å². The van der Waals surface area contributed by atoms with Crippen LogP contribution in [0.15, 0.2) is 45.7 Å². The molecule has 0 aliphatic carbocycles. The SMILES string of the molecule is O=Cc1ccc(-c2cccc(S(=O)(=O)N3CCCC3)c2)o1. The van der Waals surface area contributed by atoms with Crippen LogP contribution in [0.5, 0.6) is 0 Å². The van der Waals surface area contributed by atoms with Crippen LogP contribution in [0.2, 0.25) is 0 Å². The average Bonchev–Trinajstić information content (AvgIpc) is 3.19. The van der Waals surface area contributed by atoms with Crippen molar-refractivity contribution in [1.82, 2.24) is 4.31 Å². The number of hydrogen-bond acceptors (Lipinski definition) is 4. The van der Waals surface area contributed by atoms with E-state index in [9.17, 15) is 13.2 Å². The number of hydrogen-bond donors (Lipinski definition) is 0. The second-order valence-corrected chi connectivity index (χ2v) is 6.90. The standard InChI is InChI=1S/C15H15NO4S/c17-11-13-6-7-15(20-13)12-4-3-5-14(10-12)21(18,19)16-8-1-2-9-16/h3-7,10-11H,1-2,8-9H2. The molecule has 0 unspecified atom stereocenters. The van der Waals surface area contributed by atoms with Crippen molar-refractivity contribution in [2.24, 2.45) is 0 Å². The summed E-state index contributed by atoms with van der Waals surface area (Å²) in [5, 5.41) is 0. The van der Waals surface area contributed by atoms with E-state index in [-0.39, 0.29) is 10.7 Å². The Morgan fingerprint density at radius 2 is 1.86 bits per heavy atom. The minimum atomic E-state index is -3.45. The molecule has 0 bridgehead atoms. The van der Waals surface area contributed by atoms with Crippen LogP contribution in [0.3, 0.4) is 0 Å². The van der Waals surface area contributed by atoms with Gasteiger partial charge in [-0.1, -0.05) is 12.1 Å². The number of rotatable bonds is 4. The Morgan fingerprint density at radius 3 is 2.52 bits per heavy atom. The molecule has 110 valence electrons. The third-order valence-corrected chi connectivity index (χ3v) is 5.46. The van der Waals surface area contributed by atoms with Crippen molar-refractivity contribution in [1.29, 1.82) is 0 Å². The molecule has 1 saturated heterocycles. The summed E-state index contributed by atoms with van der Waals surface area (Å²) in [7, 11) is -3.45. The third-order valence-electron chi connectivity index (χ3n) is 3.56. The number of aldehydes is 1. The van der Waals surface area contributed by atoms with Gasteiger partial charge in [-0.25, -0.2) is 8.42 Å². The molecule has 0 spiro atoms. The number of sulfonamides is 1. The molecule has 1 fully saturated rings. The number of nitrogens with zero attached hydrogens (tertiary/aromatic N) is 1. The minimum absolute atomic E-state index is 0.220. The maximum Gasteiger partial charge on any atom is 0.243 e. The van der Waals surface area contributed by atoms with Crippen molar-refractivity contribution in [2.45, 2.75) is 17.7 Å². The highest BCUT2D eigenvalue weighted by atomic mass is 32.2. The maximum atomic E-state index is 12.5. The normalized spacial score (nSPS) is 16.2. The number of benzene rings is 1. The van der Waals surface area contributed by atoms with E-state index in [2.05, 4.69) is 0 Å². The van der Waals surface area contributed by atoms with Crippen LogP contribution in [-0.4, -0.2) is 32.1 Å². The first kappa shape index (κ1) is 14.0. The summed E-state index contributed by atoms with van der Waals surface area (Å²) in [6, 6.07) is 9.83. The molecule has 0 radical (unpaired) electrons. The summed E-state index contributed by atoms with van der Waals surface area (Å²) in [5.41, 5.74) is 0.642. The molecular formula is C15H15NO4S. The van der Waals surface area contributed by atoms with Gasteiger partial charge in [0.1, 0.15) is 5.76 Å². The number of carbonyl (C=O) groups is 1. The fraction of sp³-hybridized carbons (Fsp3) is 0.267. The summed E-state index contributed by atoms with van der Waals surface area (Å²) in [6.45, 7) is 1.14. The molecule has 5 nitrogen and oxygen atoms in total. The van der Waals surface area contributed by atoms with Crippen LogP contribution >= 0.6 is 0 Å². The van der Waals surface area contributed by atoms with Crippen molar-refractivity contribution in [2.75, 3.05) is 13.1 Å². The molecule has 21 heavy (non-hydrogen) atoms. The largest absolute Gasteiger partial charge is 0.453 e. The molecule has 0 N–H and O–H groups in total. The van der Waals surface area contributed by atoms with Gasteiger partial charge < -0.3 is 4.42 Å². The van der Waals surface area contributed by atoms with Gasteiger partial charge in [-0.05, 0) is 37.1 Å². The third kappa shape index (κ3) is 2.64. The molecule has 0 atom stereocenters. The van der Waals surface area contributed by atoms with Crippen LogP contribution in [-0.2, 0) is 10.0 Å². The van der Waals surface area contributed by atoms with Crippen LogP contribution in [0, 0.1) is 0 Å². The van der Waals surface area contributed by atoms with E-state index in [0.29, 0.717) is 30.7 Å². The van der Waals surface area contributed by atoms with Crippen molar-refractivity contribution in [3.05, 3.63) is 42.2 Å². The van der Waals surface area contributed by atoms with Crippen molar-refractivity contribution >= 4 is 16.3 Å². The summed E-state index contributed by atoms with van der Waals surface area (Å²) in [5.74, 6) is 0.702. The van der Waals surface area contributed by atoms with Crippen molar-refractivity contribution in [3.63, 3.8) is 0 Å². The van der Waals surface area contributed by atoms with E-state index < -0.39 is 10.0 Å². The van der Waals surface area contributed by atoms with Gasteiger partial charge in [0.15, 0.2) is 12.0 Å². The smallest absolute Gasteiger partial charge is 0.243 e. The minimum Gasteiger partial charge on any atom is -0.453 e. The van der Waals surface area contributed by atoms with E-state index in [1.165, 1.54) is 4.31 Å². The average molecular weight is 305 g/mol. The lowest BCUT2D eigenvalue weighted by Gasteiger charge is -2.15. The fourth-order valence-electron chi connectivity index (χ4n) is 2.46. The molecule has 1 aromatic heterocycles. The monoisotopic (exact) mass is 305 g/mol. The Morgan fingerprint density at radius 1 is 1.10 bits per heavy atom. The summed E-state index contributed by atoms with van der Waals surface area (Å²) in [6.07, 6.45) is 2.42. The van der Waals surface area contributed by atoms with Crippen LogP contribution in [0.1, 0.15) is 23.4 Å². The van der Waals surface area contributed by atoms with E-state index in [1.807, 2.05) is 0 Å². The molecule has 2 aromatic rings. The van der Waals surface area contributed by atoms with Crippen molar-refractivity contribution in [3.8, 4) is 11.3 Å². The molecule has 0 amide bonds.